The Hall–Kier alpha value is -2.86. The van der Waals surface area contributed by atoms with Crippen molar-refractivity contribution in [3.05, 3.63) is 54.1 Å². The molecule has 2 amide bonds. The molecule has 1 atom stereocenters. The molecule has 0 aliphatic carbocycles. The monoisotopic (exact) mass is 341 g/mol. The third-order valence-corrected chi connectivity index (χ3v) is 3.84. The van der Waals surface area contributed by atoms with Crippen LogP contribution in [0, 0.1) is 0 Å². The van der Waals surface area contributed by atoms with Gasteiger partial charge in [0, 0.05) is 5.56 Å². The molecule has 0 saturated carbocycles. The van der Waals surface area contributed by atoms with Crippen molar-refractivity contribution >= 4 is 11.8 Å². The Morgan fingerprint density at radius 3 is 2.40 bits per heavy atom. The number of ether oxygens (including phenoxy) is 1. The zero-order chi connectivity index (χ0) is 18.2. The van der Waals surface area contributed by atoms with Gasteiger partial charge in [-0.1, -0.05) is 42.5 Å². The van der Waals surface area contributed by atoms with Gasteiger partial charge >= 0.3 is 0 Å². The summed E-state index contributed by atoms with van der Waals surface area (Å²) in [5, 5.41) is 5.28. The van der Waals surface area contributed by atoms with E-state index in [0.717, 1.165) is 22.4 Å². The average molecular weight is 341 g/mol. The number of hydrogen-bond acceptors (Lipinski definition) is 4. The second-order valence-electron chi connectivity index (χ2n) is 5.59. The number of benzene rings is 2. The topological polar surface area (TPSA) is 93.5 Å². The van der Waals surface area contributed by atoms with Gasteiger partial charge in [0.05, 0.1) is 26.2 Å². The summed E-state index contributed by atoms with van der Waals surface area (Å²) in [6.45, 7) is 1.67. The van der Waals surface area contributed by atoms with Gasteiger partial charge in [-0.15, -0.1) is 0 Å². The Labute approximate surface area is 147 Å². The van der Waals surface area contributed by atoms with Crippen LogP contribution in [0.2, 0.25) is 0 Å². The van der Waals surface area contributed by atoms with Crippen LogP contribution in [0.15, 0.2) is 48.5 Å². The maximum Gasteiger partial charge on any atom is 0.239 e. The molecule has 0 heterocycles. The first-order chi connectivity index (χ1) is 12.0. The van der Waals surface area contributed by atoms with Crippen LogP contribution >= 0.6 is 0 Å². The first-order valence-corrected chi connectivity index (χ1v) is 8.04. The van der Waals surface area contributed by atoms with Crippen LogP contribution in [-0.2, 0) is 9.59 Å². The molecule has 0 aliphatic heterocycles. The molecule has 6 heteroatoms. The van der Waals surface area contributed by atoms with E-state index < -0.39 is 0 Å². The minimum Gasteiger partial charge on any atom is -0.496 e. The van der Waals surface area contributed by atoms with Crippen LogP contribution in [0.5, 0.6) is 5.75 Å². The van der Waals surface area contributed by atoms with E-state index in [1.165, 1.54) is 0 Å². The fourth-order valence-corrected chi connectivity index (χ4v) is 2.46. The number of nitrogens with two attached hydrogens (primary N) is 1. The number of nitrogens with one attached hydrogen (secondary N) is 2. The van der Waals surface area contributed by atoms with E-state index in [4.69, 9.17) is 10.5 Å². The molecule has 0 spiro atoms. The Morgan fingerprint density at radius 2 is 1.76 bits per heavy atom. The van der Waals surface area contributed by atoms with Crippen molar-refractivity contribution in [3.63, 3.8) is 0 Å². The van der Waals surface area contributed by atoms with E-state index in [0.29, 0.717) is 0 Å². The molecule has 0 saturated heterocycles. The highest BCUT2D eigenvalue weighted by molar-refractivity contribution is 5.85. The van der Waals surface area contributed by atoms with E-state index >= 15 is 0 Å². The lowest BCUT2D eigenvalue weighted by Crippen LogP contribution is -2.40. The number of hydrogen-bond donors (Lipinski definition) is 3. The summed E-state index contributed by atoms with van der Waals surface area (Å²) < 4.78 is 5.39. The van der Waals surface area contributed by atoms with Gasteiger partial charge in [-0.25, -0.2) is 0 Å². The van der Waals surface area contributed by atoms with E-state index in [2.05, 4.69) is 10.6 Å². The molecular formula is C19H23N3O3. The molecule has 0 aromatic heterocycles. The number of amides is 2. The molecule has 25 heavy (non-hydrogen) atoms. The SMILES string of the molecule is COc1ccccc1-c1ccc(C(C)NC(=O)CNC(=O)CN)cc1. The summed E-state index contributed by atoms with van der Waals surface area (Å²) in [7, 11) is 1.65. The normalized spacial score (nSPS) is 11.5. The summed E-state index contributed by atoms with van der Waals surface area (Å²) in [5.74, 6) is 0.194. The Bertz CT molecular complexity index is 729. The smallest absolute Gasteiger partial charge is 0.239 e. The number of carbonyl (C=O) groups excluding carboxylic acids is 2. The summed E-state index contributed by atoms with van der Waals surface area (Å²) in [5.41, 5.74) is 8.20. The number of carbonyl (C=O) groups is 2. The standard InChI is InChI=1S/C19H23N3O3/c1-13(22-19(24)12-21-18(23)11-20)14-7-9-15(10-8-14)16-5-3-4-6-17(16)25-2/h3-10,13H,11-12,20H2,1-2H3,(H,21,23)(H,22,24). The molecule has 0 fully saturated rings. The van der Waals surface area contributed by atoms with E-state index in [-0.39, 0.29) is 30.9 Å². The van der Waals surface area contributed by atoms with E-state index in [1.54, 1.807) is 7.11 Å². The van der Waals surface area contributed by atoms with E-state index in [1.807, 2.05) is 55.5 Å². The van der Waals surface area contributed by atoms with Crippen LogP contribution in [0.3, 0.4) is 0 Å². The van der Waals surface area contributed by atoms with Gasteiger partial charge in [0.1, 0.15) is 5.75 Å². The van der Waals surface area contributed by atoms with Gasteiger partial charge in [0.15, 0.2) is 0 Å². The quantitative estimate of drug-likeness (QED) is 0.713. The molecule has 0 radical (unpaired) electrons. The molecule has 1 unspecified atom stereocenters. The van der Waals surface area contributed by atoms with Crippen LogP contribution in [0.25, 0.3) is 11.1 Å². The summed E-state index contributed by atoms with van der Waals surface area (Å²) in [4.78, 5) is 22.9. The molecule has 132 valence electrons. The highest BCUT2D eigenvalue weighted by Crippen LogP contribution is 2.30. The molecule has 0 aliphatic rings. The zero-order valence-electron chi connectivity index (χ0n) is 14.4. The summed E-state index contributed by atoms with van der Waals surface area (Å²) in [6, 6.07) is 15.5. The Kier molecular flexibility index (Phi) is 6.54. The Morgan fingerprint density at radius 1 is 1.08 bits per heavy atom. The van der Waals surface area contributed by atoms with Gasteiger partial charge in [0.25, 0.3) is 0 Å². The van der Waals surface area contributed by atoms with E-state index in [9.17, 15) is 9.59 Å². The fourth-order valence-electron chi connectivity index (χ4n) is 2.46. The molecule has 2 aromatic rings. The van der Waals surface area contributed by atoms with Gasteiger partial charge in [-0.05, 0) is 24.1 Å². The van der Waals surface area contributed by atoms with Crippen LogP contribution in [-0.4, -0.2) is 32.0 Å². The Balaban J connectivity index is 2.01. The zero-order valence-corrected chi connectivity index (χ0v) is 14.4. The number of para-hydroxylation sites is 1. The predicted octanol–water partition coefficient (Wildman–Crippen LogP) is 1.61. The first-order valence-electron chi connectivity index (χ1n) is 8.04. The van der Waals surface area contributed by atoms with Crippen LogP contribution < -0.4 is 21.1 Å². The lowest BCUT2D eigenvalue weighted by Gasteiger charge is -2.15. The average Bonchev–Trinajstić information content (AvgIpc) is 2.66. The summed E-state index contributed by atoms with van der Waals surface area (Å²) >= 11 is 0. The second-order valence-corrected chi connectivity index (χ2v) is 5.59. The third kappa shape index (κ3) is 5.06. The second kappa shape index (κ2) is 8.84. The molecule has 0 bridgehead atoms. The number of methoxy groups -OCH3 is 1. The molecule has 6 nitrogen and oxygen atoms in total. The van der Waals surface area contributed by atoms with Crippen molar-refractivity contribution in [3.8, 4) is 16.9 Å². The van der Waals surface area contributed by atoms with Gasteiger partial charge in [-0.3, -0.25) is 9.59 Å². The van der Waals surface area contributed by atoms with Crippen molar-refractivity contribution < 1.29 is 14.3 Å². The number of rotatable bonds is 7. The molecule has 2 rings (SSSR count). The van der Waals surface area contributed by atoms with Crippen LogP contribution in [0.1, 0.15) is 18.5 Å². The minimum absolute atomic E-state index is 0.0837. The van der Waals surface area contributed by atoms with Crippen molar-refractivity contribution in [1.29, 1.82) is 0 Å². The maximum atomic E-state index is 11.8. The van der Waals surface area contributed by atoms with Crippen molar-refractivity contribution in [2.24, 2.45) is 5.73 Å². The molecule has 2 aromatic carbocycles. The maximum absolute atomic E-state index is 11.8. The molecular weight excluding hydrogens is 318 g/mol. The van der Waals surface area contributed by atoms with Gasteiger partial charge < -0.3 is 21.1 Å². The highest BCUT2D eigenvalue weighted by Gasteiger charge is 2.11. The van der Waals surface area contributed by atoms with Gasteiger partial charge in [0.2, 0.25) is 11.8 Å². The highest BCUT2D eigenvalue weighted by atomic mass is 16.5. The van der Waals surface area contributed by atoms with Gasteiger partial charge in [-0.2, -0.15) is 0 Å². The predicted molar refractivity (Wildman–Crippen MR) is 97.1 cm³/mol. The fraction of sp³-hybridized carbons (Fsp3) is 0.263. The van der Waals surface area contributed by atoms with Crippen molar-refractivity contribution in [2.75, 3.05) is 20.2 Å². The molecule has 4 N–H and O–H groups in total. The first kappa shape index (κ1) is 18.5. The van der Waals surface area contributed by atoms with Crippen molar-refractivity contribution in [2.45, 2.75) is 13.0 Å². The lowest BCUT2D eigenvalue weighted by atomic mass is 10.0. The minimum atomic E-state index is -0.357. The third-order valence-electron chi connectivity index (χ3n) is 3.84. The lowest BCUT2D eigenvalue weighted by molar-refractivity contribution is -0.125. The largest absolute Gasteiger partial charge is 0.496 e. The van der Waals surface area contributed by atoms with Crippen molar-refractivity contribution in [1.82, 2.24) is 10.6 Å². The van der Waals surface area contributed by atoms with Crippen LogP contribution in [0.4, 0.5) is 0 Å². The summed E-state index contributed by atoms with van der Waals surface area (Å²) in [6.07, 6.45) is 0.